The number of nitrogens with one attached hydrogen (secondary N) is 1. The maximum Gasteiger partial charge on any atom is 0.261 e. The number of anilines is 2. The topological polar surface area (TPSA) is 66.5 Å². The number of benzene rings is 2. The molecule has 0 spiro atoms. The summed E-state index contributed by atoms with van der Waals surface area (Å²) in [6.07, 6.45) is 0.648. The zero-order valence-corrected chi connectivity index (χ0v) is 16.6. The summed E-state index contributed by atoms with van der Waals surface area (Å²) in [6.45, 7) is 5.38. The van der Waals surface area contributed by atoms with E-state index in [1.54, 1.807) is 35.2 Å². The summed E-state index contributed by atoms with van der Waals surface area (Å²) in [7, 11) is -3.69. The van der Waals surface area contributed by atoms with Gasteiger partial charge in [0.05, 0.1) is 4.90 Å². The van der Waals surface area contributed by atoms with Crippen molar-refractivity contribution in [2.75, 3.05) is 9.62 Å². The zero-order valence-electron chi connectivity index (χ0n) is 14.2. The fourth-order valence-corrected chi connectivity index (χ4v) is 4.52. The average Bonchev–Trinajstić information content (AvgIpc) is 2.85. The molecule has 0 aromatic heterocycles. The molecule has 0 saturated carbocycles. The molecule has 2 aromatic rings. The van der Waals surface area contributed by atoms with Crippen molar-refractivity contribution in [3.63, 3.8) is 0 Å². The van der Waals surface area contributed by atoms with Gasteiger partial charge in [-0.15, -0.1) is 0 Å². The summed E-state index contributed by atoms with van der Waals surface area (Å²) in [5.41, 5.74) is 3.12. The molecule has 25 heavy (non-hydrogen) atoms. The van der Waals surface area contributed by atoms with E-state index < -0.39 is 10.0 Å². The van der Waals surface area contributed by atoms with Crippen molar-refractivity contribution in [1.29, 1.82) is 0 Å². The van der Waals surface area contributed by atoms with E-state index >= 15 is 0 Å². The van der Waals surface area contributed by atoms with Gasteiger partial charge in [0, 0.05) is 28.8 Å². The second-order valence-electron chi connectivity index (χ2n) is 6.30. The first-order valence-electron chi connectivity index (χ1n) is 7.91. The largest absolute Gasteiger partial charge is 0.309 e. The van der Waals surface area contributed by atoms with E-state index in [1.165, 1.54) is 6.92 Å². The highest BCUT2D eigenvalue weighted by atomic mass is 79.9. The van der Waals surface area contributed by atoms with Gasteiger partial charge < -0.3 is 4.90 Å². The SMILES string of the molecule is CC(=O)N1c2ccc(S(=O)(=O)Nc3ccc(Br)c(C)c3)cc2C[C@@H]1C. The number of rotatable bonds is 3. The summed E-state index contributed by atoms with van der Waals surface area (Å²) < 4.78 is 28.9. The number of sulfonamides is 1. The fraction of sp³-hybridized carbons (Fsp3) is 0.278. The number of aryl methyl sites for hydroxylation is 1. The first kappa shape index (κ1) is 17.9. The second-order valence-corrected chi connectivity index (χ2v) is 8.84. The Morgan fingerprint density at radius 3 is 2.60 bits per heavy atom. The molecular weight excluding hydrogens is 404 g/mol. The third kappa shape index (κ3) is 3.43. The van der Waals surface area contributed by atoms with Crippen molar-refractivity contribution in [1.82, 2.24) is 0 Å². The summed E-state index contributed by atoms with van der Waals surface area (Å²) in [6, 6.07) is 10.2. The smallest absolute Gasteiger partial charge is 0.261 e. The normalized spacial score (nSPS) is 16.6. The van der Waals surface area contributed by atoms with Crippen LogP contribution >= 0.6 is 15.9 Å². The molecule has 0 fully saturated rings. The molecule has 1 atom stereocenters. The van der Waals surface area contributed by atoms with E-state index in [0.29, 0.717) is 12.1 Å². The Morgan fingerprint density at radius 2 is 1.96 bits per heavy atom. The van der Waals surface area contributed by atoms with Gasteiger partial charge in [-0.2, -0.15) is 0 Å². The molecule has 0 bridgehead atoms. The van der Waals surface area contributed by atoms with Crippen LogP contribution in [0.2, 0.25) is 0 Å². The van der Waals surface area contributed by atoms with Gasteiger partial charge in [-0.25, -0.2) is 8.42 Å². The third-order valence-corrected chi connectivity index (χ3v) is 6.60. The van der Waals surface area contributed by atoms with E-state index in [1.807, 2.05) is 19.9 Å². The minimum absolute atomic E-state index is 0.0348. The lowest BCUT2D eigenvalue weighted by atomic mass is 10.1. The van der Waals surface area contributed by atoms with Crippen molar-refractivity contribution in [3.05, 3.63) is 52.0 Å². The minimum atomic E-state index is -3.69. The molecule has 1 aliphatic heterocycles. The number of amides is 1. The van der Waals surface area contributed by atoms with Crippen LogP contribution < -0.4 is 9.62 Å². The number of nitrogens with zero attached hydrogens (tertiary/aromatic N) is 1. The molecule has 2 aromatic carbocycles. The molecule has 0 saturated heterocycles. The van der Waals surface area contributed by atoms with E-state index in [-0.39, 0.29) is 16.8 Å². The standard InChI is InChI=1S/C18H19BrN2O3S/c1-11-8-15(4-6-17(11)19)20-25(23,24)16-5-7-18-14(10-16)9-12(2)21(18)13(3)22/h4-8,10,12,20H,9H2,1-3H3/t12-/m0/s1. The first-order valence-corrected chi connectivity index (χ1v) is 10.2. The predicted octanol–water partition coefficient (Wildman–Crippen LogP) is 3.86. The van der Waals surface area contributed by atoms with Gasteiger partial charge in [-0.3, -0.25) is 9.52 Å². The lowest BCUT2D eigenvalue weighted by molar-refractivity contribution is -0.116. The van der Waals surface area contributed by atoms with Crippen molar-refractivity contribution in [3.8, 4) is 0 Å². The molecule has 1 amide bonds. The monoisotopic (exact) mass is 422 g/mol. The maximum atomic E-state index is 12.7. The highest BCUT2D eigenvalue weighted by Gasteiger charge is 2.30. The van der Waals surface area contributed by atoms with Crippen LogP contribution in [0.4, 0.5) is 11.4 Å². The quantitative estimate of drug-likeness (QED) is 0.816. The van der Waals surface area contributed by atoms with E-state index in [4.69, 9.17) is 0 Å². The third-order valence-electron chi connectivity index (χ3n) is 4.33. The highest BCUT2D eigenvalue weighted by molar-refractivity contribution is 9.10. The highest BCUT2D eigenvalue weighted by Crippen LogP contribution is 2.34. The first-order chi connectivity index (χ1) is 11.7. The van der Waals surface area contributed by atoms with Gasteiger partial charge in [0.1, 0.15) is 0 Å². The fourth-order valence-electron chi connectivity index (χ4n) is 3.18. The molecule has 7 heteroatoms. The van der Waals surface area contributed by atoms with Crippen molar-refractivity contribution >= 4 is 43.2 Å². The van der Waals surface area contributed by atoms with Crippen LogP contribution in [0.25, 0.3) is 0 Å². The molecule has 3 rings (SSSR count). The Morgan fingerprint density at radius 1 is 1.24 bits per heavy atom. The van der Waals surface area contributed by atoms with Gasteiger partial charge in [0.15, 0.2) is 0 Å². The van der Waals surface area contributed by atoms with Crippen LogP contribution in [-0.2, 0) is 21.2 Å². The summed E-state index contributed by atoms with van der Waals surface area (Å²) in [5, 5.41) is 0. The van der Waals surface area contributed by atoms with E-state index in [2.05, 4.69) is 20.7 Å². The van der Waals surface area contributed by atoms with Crippen molar-refractivity contribution < 1.29 is 13.2 Å². The molecule has 1 aliphatic rings. The lowest BCUT2D eigenvalue weighted by Crippen LogP contribution is -2.33. The predicted molar refractivity (Wildman–Crippen MR) is 102 cm³/mol. The Labute approximate surface area is 156 Å². The van der Waals surface area contributed by atoms with Crippen molar-refractivity contribution in [2.45, 2.75) is 38.1 Å². The summed E-state index contributed by atoms with van der Waals surface area (Å²) in [5.74, 6) is -0.0367. The van der Waals surface area contributed by atoms with Gasteiger partial charge in [0.25, 0.3) is 10.0 Å². The summed E-state index contributed by atoms with van der Waals surface area (Å²) >= 11 is 3.40. The number of hydrogen-bond donors (Lipinski definition) is 1. The maximum absolute atomic E-state index is 12.7. The Bertz CT molecular complexity index is 957. The van der Waals surface area contributed by atoms with E-state index in [0.717, 1.165) is 21.3 Å². The average molecular weight is 423 g/mol. The number of carbonyl (C=O) groups is 1. The Kier molecular flexibility index (Phi) is 4.64. The Hall–Kier alpha value is -1.86. The zero-order chi connectivity index (χ0) is 18.4. The molecule has 132 valence electrons. The van der Waals surface area contributed by atoms with Gasteiger partial charge in [0.2, 0.25) is 5.91 Å². The van der Waals surface area contributed by atoms with E-state index in [9.17, 15) is 13.2 Å². The lowest BCUT2D eigenvalue weighted by Gasteiger charge is -2.20. The van der Waals surface area contributed by atoms with Gasteiger partial charge in [-0.05, 0) is 67.8 Å². The molecule has 1 N–H and O–H groups in total. The molecule has 0 radical (unpaired) electrons. The second kappa shape index (κ2) is 6.46. The van der Waals surface area contributed by atoms with Crippen LogP contribution in [-0.4, -0.2) is 20.4 Å². The van der Waals surface area contributed by atoms with Crippen LogP contribution in [0, 0.1) is 6.92 Å². The number of fused-ring (bicyclic) bond motifs is 1. The van der Waals surface area contributed by atoms with Crippen molar-refractivity contribution in [2.24, 2.45) is 0 Å². The van der Waals surface area contributed by atoms with Crippen LogP contribution in [0.3, 0.4) is 0 Å². The Balaban J connectivity index is 1.93. The molecule has 5 nitrogen and oxygen atoms in total. The van der Waals surface area contributed by atoms with Gasteiger partial charge in [-0.1, -0.05) is 15.9 Å². The minimum Gasteiger partial charge on any atom is -0.309 e. The van der Waals surface area contributed by atoms with Crippen LogP contribution in [0.1, 0.15) is 25.0 Å². The molecule has 0 aliphatic carbocycles. The summed E-state index contributed by atoms with van der Waals surface area (Å²) in [4.78, 5) is 13.7. The molecular formula is C18H19BrN2O3S. The number of carbonyl (C=O) groups excluding carboxylic acids is 1. The molecule has 0 unspecified atom stereocenters. The number of halogens is 1. The number of hydrogen-bond acceptors (Lipinski definition) is 3. The van der Waals surface area contributed by atoms with Crippen LogP contribution in [0.5, 0.6) is 0 Å². The van der Waals surface area contributed by atoms with Gasteiger partial charge >= 0.3 is 0 Å². The van der Waals surface area contributed by atoms with Crippen LogP contribution in [0.15, 0.2) is 45.8 Å². The molecule has 1 heterocycles.